The van der Waals surface area contributed by atoms with Crippen LogP contribution in [0.5, 0.6) is 0 Å². The highest BCUT2D eigenvalue weighted by molar-refractivity contribution is 7.09. The highest BCUT2D eigenvalue weighted by Gasteiger charge is 2.48. The molecule has 1 amide bonds. The Morgan fingerprint density at radius 3 is 2.79 bits per heavy atom. The second-order valence-electron chi connectivity index (χ2n) is 7.92. The van der Waals surface area contributed by atoms with Gasteiger partial charge in [0, 0.05) is 29.9 Å². The van der Waals surface area contributed by atoms with Crippen LogP contribution in [0.25, 0.3) is 0 Å². The van der Waals surface area contributed by atoms with E-state index in [4.69, 9.17) is 0 Å². The second-order valence-corrected chi connectivity index (χ2v) is 8.95. The van der Waals surface area contributed by atoms with E-state index in [1.54, 1.807) is 11.3 Å². The summed E-state index contributed by atoms with van der Waals surface area (Å²) in [6, 6.07) is 2.04. The number of carbonyl (C=O) groups excluding carboxylic acids is 1. The van der Waals surface area contributed by atoms with Gasteiger partial charge in [-0.3, -0.25) is 4.79 Å². The minimum absolute atomic E-state index is 0.0622. The van der Waals surface area contributed by atoms with E-state index in [0.717, 1.165) is 17.4 Å². The number of thiophene rings is 1. The van der Waals surface area contributed by atoms with Gasteiger partial charge in [0.05, 0.1) is 0 Å². The molecule has 1 saturated heterocycles. The standard InChI is InChI=1S/C19H24F3N5OS/c1-12(9-14-3-2-8-29-14)17(28)26-6-4-13(5-7-26)15-10-16(19(20,21)22)27-18(25-15)23-11-24-27/h2-3,8,11-13,15-16H,4-7,9-10H2,1H3,(H,23,24,25)/t12-,15+,16-/m1/s1. The number of nitrogens with one attached hydrogen (secondary N) is 1. The van der Waals surface area contributed by atoms with Crippen LogP contribution in [-0.2, 0) is 11.2 Å². The highest BCUT2D eigenvalue weighted by atomic mass is 32.1. The fourth-order valence-electron chi connectivity index (χ4n) is 4.38. The molecule has 1 fully saturated rings. The number of anilines is 1. The topological polar surface area (TPSA) is 63.1 Å². The third kappa shape index (κ3) is 4.26. The van der Waals surface area contributed by atoms with E-state index < -0.39 is 12.2 Å². The summed E-state index contributed by atoms with van der Waals surface area (Å²) >= 11 is 1.65. The Bertz CT molecular complexity index is 829. The number of fused-ring (bicyclic) bond motifs is 1. The summed E-state index contributed by atoms with van der Waals surface area (Å²) in [5.74, 6) is 0.279. The Hall–Kier alpha value is -2.10. The van der Waals surface area contributed by atoms with Crippen molar-refractivity contribution >= 4 is 23.2 Å². The van der Waals surface area contributed by atoms with Crippen LogP contribution in [0.15, 0.2) is 23.8 Å². The molecule has 6 nitrogen and oxygen atoms in total. The summed E-state index contributed by atoms with van der Waals surface area (Å²) in [7, 11) is 0. The van der Waals surface area contributed by atoms with Crippen molar-refractivity contribution in [3.8, 4) is 0 Å². The first-order valence-electron chi connectivity index (χ1n) is 9.87. The molecule has 2 aromatic rings. The van der Waals surface area contributed by atoms with Gasteiger partial charge in [-0.2, -0.15) is 23.3 Å². The lowest BCUT2D eigenvalue weighted by Crippen LogP contribution is -2.48. The van der Waals surface area contributed by atoms with Gasteiger partial charge in [0.25, 0.3) is 0 Å². The van der Waals surface area contributed by atoms with Gasteiger partial charge >= 0.3 is 6.18 Å². The van der Waals surface area contributed by atoms with Crippen LogP contribution >= 0.6 is 11.3 Å². The normalized spacial score (nSPS) is 24.1. The molecule has 2 aromatic heterocycles. The quantitative estimate of drug-likeness (QED) is 0.807. The number of likely N-dealkylation sites (tertiary alicyclic amines) is 1. The molecule has 29 heavy (non-hydrogen) atoms. The summed E-state index contributed by atoms with van der Waals surface area (Å²) in [5, 5.41) is 8.88. The zero-order chi connectivity index (χ0) is 20.6. The SMILES string of the molecule is C[C@H](Cc1cccs1)C(=O)N1CCC([C@@H]2C[C@H](C(F)(F)F)n3ncnc3N2)CC1. The van der Waals surface area contributed by atoms with Gasteiger partial charge in [-0.1, -0.05) is 13.0 Å². The summed E-state index contributed by atoms with van der Waals surface area (Å²) in [4.78, 5) is 19.8. The van der Waals surface area contributed by atoms with Crippen molar-refractivity contribution in [3.63, 3.8) is 0 Å². The van der Waals surface area contributed by atoms with E-state index in [9.17, 15) is 18.0 Å². The number of amides is 1. The van der Waals surface area contributed by atoms with Crippen LogP contribution in [0.3, 0.4) is 0 Å². The first-order chi connectivity index (χ1) is 13.8. The molecule has 158 valence electrons. The van der Waals surface area contributed by atoms with Gasteiger partial charge in [0.15, 0.2) is 6.04 Å². The number of hydrogen-bond acceptors (Lipinski definition) is 5. The number of aromatic nitrogens is 3. The van der Waals surface area contributed by atoms with Crippen molar-refractivity contribution < 1.29 is 18.0 Å². The van der Waals surface area contributed by atoms with Gasteiger partial charge in [0.2, 0.25) is 11.9 Å². The van der Waals surface area contributed by atoms with Gasteiger partial charge in [-0.15, -0.1) is 11.3 Å². The summed E-state index contributed by atoms with van der Waals surface area (Å²) < 4.78 is 41.4. The minimum Gasteiger partial charge on any atom is -0.351 e. The van der Waals surface area contributed by atoms with E-state index in [2.05, 4.69) is 15.4 Å². The number of halogens is 3. The molecule has 0 aliphatic carbocycles. The molecule has 1 N–H and O–H groups in total. The van der Waals surface area contributed by atoms with E-state index in [-0.39, 0.29) is 36.2 Å². The van der Waals surface area contributed by atoms with Crippen molar-refractivity contribution in [1.82, 2.24) is 19.7 Å². The van der Waals surface area contributed by atoms with E-state index in [1.165, 1.54) is 4.88 Å². The van der Waals surface area contributed by atoms with Crippen LogP contribution in [0.1, 0.15) is 37.1 Å². The van der Waals surface area contributed by atoms with Crippen molar-refractivity contribution in [2.24, 2.45) is 11.8 Å². The van der Waals surface area contributed by atoms with Gasteiger partial charge < -0.3 is 10.2 Å². The Morgan fingerprint density at radius 2 is 2.14 bits per heavy atom. The van der Waals surface area contributed by atoms with E-state index in [1.807, 2.05) is 29.3 Å². The first kappa shape index (κ1) is 20.2. The minimum atomic E-state index is -4.36. The highest BCUT2D eigenvalue weighted by Crippen LogP contribution is 2.41. The number of alkyl halides is 3. The van der Waals surface area contributed by atoms with Gasteiger partial charge in [-0.05, 0) is 43.0 Å². The maximum Gasteiger partial charge on any atom is 0.411 e. The third-order valence-electron chi connectivity index (χ3n) is 5.97. The molecule has 2 aliphatic rings. The molecule has 0 spiro atoms. The predicted octanol–water partition coefficient (Wildman–Crippen LogP) is 3.74. The van der Waals surface area contributed by atoms with Crippen LogP contribution in [0.4, 0.5) is 19.1 Å². The molecule has 4 heterocycles. The Kier molecular flexibility index (Phi) is 5.54. The molecular weight excluding hydrogens is 403 g/mol. The zero-order valence-electron chi connectivity index (χ0n) is 16.1. The molecule has 0 saturated carbocycles. The number of carbonyl (C=O) groups is 1. The predicted molar refractivity (Wildman–Crippen MR) is 104 cm³/mol. The summed E-state index contributed by atoms with van der Waals surface area (Å²) in [5.41, 5.74) is 0. The van der Waals surface area contributed by atoms with Crippen molar-refractivity contribution in [3.05, 3.63) is 28.7 Å². The maximum absolute atomic E-state index is 13.5. The third-order valence-corrected chi connectivity index (χ3v) is 6.87. The van der Waals surface area contributed by atoms with E-state index >= 15 is 0 Å². The van der Waals surface area contributed by atoms with Crippen molar-refractivity contribution in [1.29, 1.82) is 0 Å². The molecule has 10 heteroatoms. The lowest BCUT2D eigenvalue weighted by Gasteiger charge is -2.40. The van der Waals surface area contributed by atoms with Gasteiger partial charge in [0.1, 0.15) is 6.33 Å². The van der Waals surface area contributed by atoms with Gasteiger partial charge in [-0.25, -0.2) is 4.68 Å². The molecule has 0 radical (unpaired) electrons. The summed E-state index contributed by atoms with van der Waals surface area (Å²) in [6.45, 7) is 3.11. The maximum atomic E-state index is 13.5. The number of piperidine rings is 1. The average molecular weight is 427 g/mol. The molecule has 0 aromatic carbocycles. The number of nitrogens with zero attached hydrogens (tertiary/aromatic N) is 4. The molecule has 0 unspecified atom stereocenters. The molecular formula is C19H24F3N5OS. The lowest BCUT2D eigenvalue weighted by atomic mass is 9.84. The Morgan fingerprint density at radius 1 is 1.38 bits per heavy atom. The molecule has 2 aliphatic heterocycles. The van der Waals surface area contributed by atoms with Crippen LogP contribution in [0, 0.1) is 11.8 Å². The molecule has 4 rings (SSSR count). The fraction of sp³-hybridized carbons (Fsp3) is 0.632. The van der Waals surface area contributed by atoms with Crippen LogP contribution < -0.4 is 5.32 Å². The zero-order valence-corrected chi connectivity index (χ0v) is 16.9. The monoisotopic (exact) mass is 427 g/mol. The Labute approximate surface area is 171 Å². The lowest BCUT2D eigenvalue weighted by molar-refractivity contribution is -0.174. The second kappa shape index (κ2) is 7.97. The first-order valence-corrected chi connectivity index (χ1v) is 10.7. The van der Waals surface area contributed by atoms with Crippen molar-refractivity contribution in [2.45, 2.75) is 50.9 Å². The van der Waals surface area contributed by atoms with E-state index in [0.29, 0.717) is 25.9 Å². The van der Waals surface area contributed by atoms with Crippen LogP contribution in [-0.4, -0.2) is 50.9 Å². The molecule has 3 atom stereocenters. The molecule has 0 bridgehead atoms. The Balaban J connectivity index is 1.35. The van der Waals surface area contributed by atoms with Crippen molar-refractivity contribution in [2.75, 3.05) is 18.4 Å². The largest absolute Gasteiger partial charge is 0.411 e. The smallest absolute Gasteiger partial charge is 0.351 e. The van der Waals surface area contributed by atoms with Crippen LogP contribution in [0.2, 0.25) is 0 Å². The number of hydrogen-bond donors (Lipinski definition) is 1. The average Bonchev–Trinajstić information content (AvgIpc) is 3.37. The summed E-state index contributed by atoms with van der Waals surface area (Å²) in [6.07, 6.45) is -1.17. The number of rotatable bonds is 4. The fourth-order valence-corrected chi connectivity index (χ4v) is 5.22.